The normalized spacial score (nSPS) is 20.3. The van der Waals surface area contributed by atoms with Crippen LogP contribution in [0, 0.1) is 0 Å². The number of carbonyl (C=O) groups excluding carboxylic acids is 2. The number of ether oxygens (including phenoxy) is 1. The van der Waals surface area contributed by atoms with E-state index in [0.29, 0.717) is 0 Å². The van der Waals surface area contributed by atoms with Gasteiger partial charge in [-0.05, 0) is 39.8 Å². The topological polar surface area (TPSA) is 101 Å². The Morgan fingerprint density at radius 1 is 1.16 bits per heavy atom. The van der Waals surface area contributed by atoms with Crippen LogP contribution in [-0.2, 0) is 15.7 Å². The number of fused-ring (bicyclic) bond motifs is 1. The summed E-state index contributed by atoms with van der Waals surface area (Å²) >= 11 is 0. The number of alkyl halides is 5. The minimum absolute atomic E-state index is 0.0497. The Balaban J connectivity index is 1.73. The largest absolute Gasteiger partial charge is 0.444 e. The fourth-order valence-corrected chi connectivity index (χ4v) is 4.47. The molecule has 38 heavy (non-hydrogen) atoms. The average molecular weight is 543 g/mol. The van der Waals surface area contributed by atoms with Crippen LogP contribution in [0.25, 0.3) is 11.4 Å². The molecule has 2 aliphatic heterocycles. The Hall–Kier alpha value is -3.58. The molecule has 0 aliphatic carbocycles. The number of aromatic nitrogens is 3. The van der Waals surface area contributed by atoms with E-state index >= 15 is 0 Å². The molecule has 2 aromatic heterocycles. The quantitative estimate of drug-likeness (QED) is 0.562. The molecule has 1 fully saturated rings. The summed E-state index contributed by atoms with van der Waals surface area (Å²) in [5, 5.41) is 2.38. The Bertz CT molecular complexity index is 1230. The number of hydrogen-bond donors (Lipinski definition) is 1. The molecule has 2 aromatic rings. The molecule has 0 aromatic carbocycles. The van der Waals surface area contributed by atoms with Crippen molar-refractivity contribution in [3.8, 4) is 11.4 Å². The van der Waals surface area contributed by atoms with Crippen LogP contribution in [0.3, 0.4) is 0 Å². The molecule has 4 rings (SSSR count). The van der Waals surface area contributed by atoms with Crippen LogP contribution in [-0.4, -0.2) is 69.6 Å². The van der Waals surface area contributed by atoms with E-state index in [-0.39, 0.29) is 48.2 Å². The molecule has 1 N–H and O–H groups in total. The summed E-state index contributed by atoms with van der Waals surface area (Å²) in [6.45, 7) is 7.42. The number of nitrogens with one attached hydrogen (secondary N) is 1. The number of carbonyl (C=O) groups is 2. The second-order valence-electron chi connectivity index (χ2n) is 10.2. The summed E-state index contributed by atoms with van der Waals surface area (Å²) in [5.41, 5.74) is -2.41. The number of pyridine rings is 1. The summed E-state index contributed by atoms with van der Waals surface area (Å²) in [7, 11) is 0. The number of piperazine rings is 1. The van der Waals surface area contributed by atoms with E-state index in [0.717, 1.165) is 18.5 Å². The molecule has 1 saturated heterocycles. The molecular formula is C24H27F5N6O3. The van der Waals surface area contributed by atoms with Gasteiger partial charge in [0.15, 0.2) is 0 Å². The van der Waals surface area contributed by atoms with E-state index in [4.69, 9.17) is 4.74 Å². The SMILES string of the molecule is C[C@H]1CN(c2cc(C(F)(F)F)cc(-c3ncnc4c3[C@H](C(F)F)CC(=O)N4)n2)CCN1C(=O)OC(C)(C)C. The standard InChI is InChI=1S/C24H27F5N6O3/c1-12-10-34(5-6-35(12)22(37)38-23(2,3)4)16-8-13(24(27,28)29)7-15(32-16)19-18-14(20(25)26)9-17(36)33-21(18)31-11-30-19/h7-8,11-12,14,20H,5-6,9-10H2,1-4H3,(H,30,31,33,36)/t12-,14+/m0/s1. The zero-order valence-electron chi connectivity index (χ0n) is 21.1. The van der Waals surface area contributed by atoms with Crippen LogP contribution in [0.5, 0.6) is 0 Å². The van der Waals surface area contributed by atoms with Gasteiger partial charge in [0.25, 0.3) is 0 Å². The first-order valence-corrected chi connectivity index (χ1v) is 11.9. The van der Waals surface area contributed by atoms with Gasteiger partial charge in [0.1, 0.15) is 23.6 Å². The molecule has 0 saturated carbocycles. The number of halogens is 5. The lowest BCUT2D eigenvalue weighted by Crippen LogP contribution is -2.55. The van der Waals surface area contributed by atoms with Crippen molar-refractivity contribution in [2.75, 3.05) is 29.9 Å². The summed E-state index contributed by atoms with van der Waals surface area (Å²) in [6, 6.07) is 1.20. The van der Waals surface area contributed by atoms with Crippen molar-refractivity contribution in [2.45, 2.75) is 64.3 Å². The first-order chi connectivity index (χ1) is 17.6. The molecule has 14 heteroatoms. The predicted molar refractivity (Wildman–Crippen MR) is 127 cm³/mol. The molecule has 0 bridgehead atoms. The monoisotopic (exact) mass is 542 g/mol. The van der Waals surface area contributed by atoms with Gasteiger partial charge in [0.05, 0.1) is 22.9 Å². The summed E-state index contributed by atoms with van der Waals surface area (Å²) in [5.74, 6) is -2.52. The maximum atomic E-state index is 13.9. The minimum atomic E-state index is -4.76. The van der Waals surface area contributed by atoms with Crippen LogP contribution in [0.15, 0.2) is 18.5 Å². The predicted octanol–water partition coefficient (Wildman–Crippen LogP) is 4.69. The average Bonchev–Trinajstić information content (AvgIpc) is 2.80. The van der Waals surface area contributed by atoms with E-state index in [1.54, 1.807) is 32.6 Å². The van der Waals surface area contributed by atoms with Gasteiger partial charge in [0, 0.05) is 37.7 Å². The van der Waals surface area contributed by atoms with E-state index in [9.17, 15) is 31.5 Å². The molecule has 2 aliphatic rings. The fourth-order valence-electron chi connectivity index (χ4n) is 4.47. The van der Waals surface area contributed by atoms with Crippen molar-refractivity contribution in [1.82, 2.24) is 19.9 Å². The third-order valence-corrected chi connectivity index (χ3v) is 6.18. The van der Waals surface area contributed by atoms with Crippen LogP contribution in [0.2, 0.25) is 0 Å². The van der Waals surface area contributed by atoms with E-state index in [1.165, 1.54) is 4.90 Å². The smallest absolute Gasteiger partial charge is 0.416 e. The highest BCUT2D eigenvalue weighted by atomic mass is 19.4. The lowest BCUT2D eigenvalue weighted by molar-refractivity contribution is -0.137. The van der Waals surface area contributed by atoms with Gasteiger partial charge in [-0.15, -0.1) is 0 Å². The first kappa shape index (κ1) is 27.5. The van der Waals surface area contributed by atoms with Gasteiger partial charge in [-0.2, -0.15) is 13.2 Å². The van der Waals surface area contributed by atoms with Gasteiger partial charge in [-0.25, -0.2) is 28.5 Å². The molecule has 206 valence electrons. The summed E-state index contributed by atoms with van der Waals surface area (Å²) < 4.78 is 74.9. The molecule has 2 amide bonds. The Labute approximate surface area is 215 Å². The number of rotatable bonds is 3. The van der Waals surface area contributed by atoms with Gasteiger partial charge < -0.3 is 19.9 Å². The molecule has 0 unspecified atom stereocenters. The number of nitrogens with zero attached hydrogens (tertiary/aromatic N) is 5. The van der Waals surface area contributed by atoms with Crippen molar-refractivity contribution in [1.29, 1.82) is 0 Å². The van der Waals surface area contributed by atoms with Crippen molar-refractivity contribution in [3.63, 3.8) is 0 Å². The van der Waals surface area contributed by atoms with Crippen molar-refractivity contribution >= 4 is 23.6 Å². The molecule has 4 heterocycles. The number of anilines is 2. The number of hydrogen-bond acceptors (Lipinski definition) is 7. The van der Waals surface area contributed by atoms with Crippen LogP contribution < -0.4 is 10.2 Å². The Morgan fingerprint density at radius 2 is 1.87 bits per heavy atom. The van der Waals surface area contributed by atoms with Crippen LogP contribution >= 0.6 is 0 Å². The molecular weight excluding hydrogens is 515 g/mol. The third kappa shape index (κ3) is 5.78. The van der Waals surface area contributed by atoms with Crippen LogP contribution in [0.4, 0.5) is 38.4 Å². The highest BCUT2D eigenvalue weighted by molar-refractivity contribution is 5.95. The van der Waals surface area contributed by atoms with Crippen molar-refractivity contribution in [3.05, 3.63) is 29.6 Å². The molecule has 2 atom stereocenters. The van der Waals surface area contributed by atoms with Gasteiger partial charge >= 0.3 is 12.3 Å². The molecule has 0 spiro atoms. The zero-order chi connectivity index (χ0) is 28.0. The summed E-state index contributed by atoms with van der Waals surface area (Å²) in [4.78, 5) is 39.8. The van der Waals surface area contributed by atoms with Gasteiger partial charge in [-0.1, -0.05) is 0 Å². The Kier molecular flexibility index (Phi) is 7.19. The van der Waals surface area contributed by atoms with Gasteiger partial charge in [0.2, 0.25) is 12.3 Å². The lowest BCUT2D eigenvalue weighted by atomic mass is 9.90. The first-order valence-electron chi connectivity index (χ1n) is 11.9. The van der Waals surface area contributed by atoms with Crippen LogP contribution in [0.1, 0.15) is 51.2 Å². The molecule has 0 radical (unpaired) electrons. The van der Waals surface area contributed by atoms with E-state index in [1.807, 2.05) is 0 Å². The van der Waals surface area contributed by atoms with E-state index < -0.39 is 54.1 Å². The van der Waals surface area contributed by atoms with E-state index in [2.05, 4.69) is 20.3 Å². The summed E-state index contributed by atoms with van der Waals surface area (Å²) in [6.07, 6.45) is -7.86. The maximum absolute atomic E-state index is 13.9. The second kappa shape index (κ2) is 9.95. The lowest BCUT2D eigenvalue weighted by Gasteiger charge is -2.40. The number of amides is 2. The zero-order valence-corrected chi connectivity index (χ0v) is 21.1. The second-order valence-corrected chi connectivity index (χ2v) is 10.2. The highest BCUT2D eigenvalue weighted by Gasteiger charge is 2.38. The Morgan fingerprint density at radius 3 is 2.47 bits per heavy atom. The third-order valence-electron chi connectivity index (χ3n) is 6.18. The highest BCUT2D eigenvalue weighted by Crippen LogP contribution is 2.42. The van der Waals surface area contributed by atoms with Gasteiger partial charge in [-0.3, -0.25) is 4.79 Å². The maximum Gasteiger partial charge on any atom is 0.416 e. The minimum Gasteiger partial charge on any atom is -0.444 e. The van der Waals surface area contributed by atoms with Crippen molar-refractivity contribution in [2.24, 2.45) is 0 Å². The van der Waals surface area contributed by atoms with Crippen molar-refractivity contribution < 1.29 is 36.3 Å². The fraction of sp³-hybridized carbons (Fsp3) is 0.542. The molecule has 9 nitrogen and oxygen atoms in total.